The zero-order chi connectivity index (χ0) is 14.5. The summed E-state index contributed by atoms with van der Waals surface area (Å²) in [5.41, 5.74) is 6.33. The molecule has 0 saturated heterocycles. The van der Waals surface area contributed by atoms with Gasteiger partial charge in [-0.1, -0.05) is 30.3 Å². The number of aromatic nitrogens is 2. The van der Waals surface area contributed by atoms with Crippen molar-refractivity contribution in [3.63, 3.8) is 0 Å². The van der Waals surface area contributed by atoms with E-state index >= 15 is 0 Å². The predicted octanol–water partition coefficient (Wildman–Crippen LogP) is 1.24. The second-order valence-electron chi connectivity index (χ2n) is 4.68. The van der Waals surface area contributed by atoms with E-state index in [1.54, 1.807) is 6.92 Å². The molecule has 0 aliphatic rings. The molecule has 0 aliphatic heterocycles. The molecule has 0 aliphatic carbocycles. The maximum absolute atomic E-state index is 12.1. The Morgan fingerprint density at radius 2 is 1.80 bits per heavy atom. The molecule has 1 heterocycles. The molecular formula is C15H19N3O2. The minimum Gasteiger partial charge on any atom is -0.385 e. The quantitative estimate of drug-likeness (QED) is 0.891. The number of benzene rings is 1. The van der Waals surface area contributed by atoms with Crippen LogP contribution >= 0.6 is 0 Å². The molecule has 0 radical (unpaired) electrons. The summed E-state index contributed by atoms with van der Waals surface area (Å²) in [7, 11) is 0. The molecule has 1 aromatic carbocycles. The minimum atomic E-state index is -0.339. The van der Waals surface area contributed by atoms with Crippen LogP contribution in [-0.4, -0.2) is 9.13 Å². The van der Waals surface area contributed by atoms with E-state index < -0.39 is 0 Å². The van der Waals surface area contributed by atoms with Crippen LogP contribution in [0.4, 0.5) is 5.82 Å². The first-order chi connectivity index (χ1) is 9.63. The van der Waals surface area contributed by atoms with Crippen molar-refractivity contribution in [2.75, 3.05) is 5.73 Å². The molecule has 20 heavy (non-hydrogen) atoms. The third-order valence-electron chi connectivity index (χ3n) is 3.32. The molecule has 0 atom stereocenters. The Labute approximate surface area is 117 Å². The van der Waals surface area contributed by atoms with Gasteiger partial charge in [0.2, 0.25) is 0 Å². The molecule has 0 unspecified atom stereocenters. The number of nitrogens with two attached hydrogens (primary N) is 1. The third-order valence-corrected chi connectivity index (χ3v) is 3.32. The summed E-state index contributed by atoms with van der Waals surface area (Å²) in [6, 6.07) is 11.4. The summed E-state index contributed by atoms with van der Waals surface area (Å²) in [5.74, 6) is 0.234. The highest BCUT2D eigenvalue weighted by Crippen LogP contribution is 2.04. The average molecular weight is 273 g/mol. The molecule has 0 amide bonds. The van der Waals surface area contributed by atoms with Gasteiger partial charge in [0.25, 0.3) is 5.56 Å². The molecule has 2 aromatic rings. The van der Waals surface area contributed by atoms with Crippen LogP contribution in [-0.2, 0) is 19.5 Å². The summed E-state index contributed by atoms with van der Waals surface area (Å²) in [6.07, 6.45) is 1.67. The maximum atomic E-state index is 12.1. The Balaban J connectivity index is 2.14. The van der Waals surface area contributed by atoms with E-state index in [4.69, 9.17) is 5.73 Å². The van der Waals surface area contributed by atoms with E-state index in [9.17, 15) is 9.59 Å². The van der Waals surface area contributed by atoms with Crippen LogP contribution in [0.5, 0.6) is 0 Å². The molecule has 1 aromatic heterocycles. The topological polar surface area (TPSA) is 70.0 Å². The van der Waals surface area contributed by atoms with E-state index in [2.05, 4.69) is 12.1 Å². The summed E-state index contributed by atoms with van der Waals surface area (Å²) in [6.45, 7) is 2.64. The number of hydrogen-bond acceptors (Lipinski definition) is 3. The normalized spacial score (nSPS) is 10.7. The lowest BCUT2D eigenvalue weighted by atomic mass is 10.1. The Kier molecular flexibility index (Phi) is 4.40. The van der Waals surface area contributed by atoms with Gasteiger partial charge < -0.3 is 5.73 Å². The van der Waals surface area contributed by atoms with E-state index in [1.165, 1.54) is 20.8 Å². The Bertz CT molecular complexity index is 687. The van der Waals surface area contributed by atoms with Gasteiger partial charge in [0.05, 0.1) is 0 Å². The SMILES string of the molecule is CCn1c(=O)cc(N)n(CCCc2ccccc2)c1=O. The first-order valence-electron chi connectivity index (χ1n) is 6.77. The van der Waals surface area contributed by atoms with Crippen LogP contribution in [0.2, 0.25) is 0 Å². The molecule has 0 bridgehead atoms. The predicted molar refractivity (Wildman–Crippen MR) is 79.8 cm³/mol. The number of rotatable bonds is 5. The number of aryl methyl sites for hydroxylation is 1. The van der Waals surface area contributed by atoms with Crippen molar-refractivity contribution in [3.8, 4) is 0 Å². The monoisotopic (exact) mass is 273 g/mol. The first kappa shape index (κ1) is 14.1. The largest absolute Gasteiger partial charge is 0.385 e. The van der Waals surface area contributed by atoms with Gasteiger partial charge in [0, 0.05) is 19.2 Å². The van der Waals surface area contributed by atoms with E-state index in [0.29, 0.717) is 13.1 Å². The lowest BCUT2D eigenvalue weighted by molar-refractivity contribution is 0.556. The van der Waals surface area contributed by atoms with Crippen molar-refractivity contribution in [1.82, 2.24) is 9.13 Å². The Hall–Kier alpha value is -2.30. The first-order valence-corrected chi connectivity index (χ1v) is 6.77. The van der Waals surface area contributed by atoms with Crippen LogP contribution in [0.25, 0.3) is 0 Å². The zero-order valence-corrected chi connectivity index (χ0v) is 11.6. The smallest absolute Gasteiger partial charge is 0.332 e. The van der Waals surface area contributed by atoms with Gasteiger partial charge in [-0.2, -0.15) is 0 Å². The van der Waals surface area contributed by atoms with Crippen molar-refractivity contribution < 1.29 is 0 Å². The fraction of sp³-hybridized carbons (Fsp3) is 0.333. The van der Waals surface area contributed by atoms with Gasteiger partial charge in [0.15, 0.2) is 0 Å². The lowest BCUT2D eigenvalue weighted by Gasteiger charge is -2.11. The van der Waals surface area contributed by atoms with Crippen LogP contribution in [0, 0.1) is 0 Å². The number of hydrogen-bond donors (Lipinski definition) is 1. The molecule has 5 heteroatoms. The van der Waals surface area contributed by atoms with E-state index in [0.717, 1.165) is 12.8 Å². The molecule has 5 nitrogen and oxygen atoms in total. The van der Waals surface area contributed by atoms with E-state index in [-0.39, 0.29) is 17.1 Å². The Morgan fingerprint density at radius 1 is 1.10 bits per heavy atom. The van der Waals surface area contributed by atoms with Crippen LogP contribution in [0.15, 0.2) is 46.0 Å². The summed E-state index contributed by atoms with van der Waals surface area (Å²) >= 11 is 0. The van der Waals surface area contributed by atoms with Crippen LogP contribution in [0.1, 0.15) is 18.9 Å². The van der Waals surface area contributed by atoms with Crippen molar-refractivity contribution in [1.29, 1.82) is 0 Å². The minimum absolute atomic E-state index is 0.234. The number of anilines is 1. The van der Waals surface area contributed by atoms with Crippen molar-refractivity contribution >= 4 is 5.82 Å². The van der Waals surface area contributed by atoms with Gasteiger partial charge in [-0.3, -0.25) is 13.9 Å². The highest BCUT2D eigenvalue weighted by Gasteiger charge is 2.07. The van der Waals surface area contributed by atoms with Gasteiger partial charge in [-0.05, 0) is 25.3 Å². The molecule has 106 valence electrons. The molecule has 0 fully saturated rings. The summed E-state index contributed by atoms with van der Waals surface area (Å²) in [5, 5.41) is 0. The molecular weight excluding hydrogens is 254 g/mol. The molecule has 0 saturated carbocycles. The molecule has 0 spiro atoms. The van der Waals surface area contributed by atoms with Crippen molar-refractivity contribution in [3.05, 3.63) is 62.8 Å². The van der Waals surface area contributed by atoms with E-state index in [1.807, 2.05) is 18.2 Å². The summed E-state index contributed by atoms with van der Waals surface area (Å²) in [4.78, 5) is 23.7. The van der Waals surface area contributed by atoms with Crippen molar-refractivity contribution in [2.24, 2.45) is 0 Å². The van der Waals surface area contributed by atoms with Gasteiger partial charge >= 0.3 is 5.69 Å². The fourth-order valence-electron chi connectivity index (χ4n) is 2.23. The van der Waals surface area contributed by atoms with Gasteiger partial charge in [0.1, 0.15) is 5.82 Å². The fourth-order valence-corrected chi connectivity index (χ4v) is 2.23. The number of nitrogens with zero attached hydrogens (tertiary/aromatic N) is 2. The summed E-state index contributed by atoms with van der Waals surface area (Å²) < 4.78 is 2.66. The van der Waals surface area contributed by atoms with Crippen molar-refractivity contribution in [2.45, 2.75) is 32.9 Å². The average Bonchev–Trinajstić information content (AvgIpc) is 2.44. The lowest BCUT2D eigenvalue weighted by Crippen LogP contribution is -2.40. The van der Waals surface area contributed by atoms with Gasteiger partial charge in [-0.15, -0.1) is 0 Å². The molecule has 2 rings (SSSR count). The van der Waals surface area contributed by atoms with Gasteiger partial charge in [-0.25, -0.2) is 4.79 Å². The standard InChI is InChI=1S/C15H19N3O2/c1-2-17-14(19)11-13(16)18(15(17)20)10-6-9-12-7-4-3-5-8-12/h3-5,7-8,11H,2,6,9-10,16H2,1H3. The molecule has 2 N–H and O–H groups in total. The Morgan fingerprint density at radius 3 is 2.45 bits per heavy atom. The second kappa shape index (κ2) is 6.23. The second-order valence-corrected chi connectivity index (χ2v) is 4.68. The highest BCUT2D eigenvalue weighted by atomic mass is 16.2. The highest BCUT2D eigenvalue weighted by molar-refractivity contribution is 5.26. The zero-order valence-electron chi connectivity index (χ0n) is 11.6. The maximum Gasteiger partial charge on any atom is 0.332 e. The third kappa shape index (κ3) is 2.99. The van der Waals surface area contributed by atoms with Crippen LogP contribution in [0.3, 0.4) is 0 Å². The number of nitrogen functional groups attached to an aromatic ring is 1. The van der Waals surface area contributed by atoms with Crippen LogP contribution < -0.4 is 17.0 Å².